The Kier molecular flexibility index (Phi) is 3.51. The van der Waals surface area contributed by atoms with Crippen LogP contribution in [0.15, 0.2) is 42.9 Å². The number of nitrogens with zero attached hydrogens (tertiary/aromatic N) is 3. The highest BCUT2D eigenvalue weighted by Crippen LogP contribution is 2.28. The van der Waals surface area contributed by atoms with Crippen molar-refractivity contribution in [3.8, 4) is 0 Å². The SMILES string of the molecule is Cc1cn2ccc(C(=O)Nc3ccc(C(F)(F)F)cn3)cc2n1. The van der Waals surface area contributed by atoms with E-state index >= 15 is 0 Å². The molecule has 3 aromatic rings. The number of aromatic nitrogens is 3. The Hall–Kier alpha value is -2.90. The molecule has 0 aliphatic rings. The molecule has 118 valence electrons. The number of alkyl halides is 3. The summed E-state index contributed by atoms with van der Waals surface area (Å²) in [5, 5.41) is 2.45. The normalized spacial score (nSPS) is 11.7. The van der Waals surface area contributed by atoms with Gasteiger partial charge in [0.1, 0.15) is 11.5 Å². The lowest BCUT2D eigenvalue weighted by molar-refractivity contribution is -0.137. The number of hydrogen-bond donors (Lipinski definition) is 1. The van der Waals surface area contributed by atoms with Crippen LogP contribution >= 0.6 is 0 Å². The second-order valence-electron chi connectivity index (χ2n) is 4.95. The van der Waals surface area contributed by atoms with Crippen molar-refractivity contribution < 1.29 is 18.0 Å². The fourth-order valence-corrected chi connectivity index (χ4v) is 2.07. The summed E-state index contributed by atoms with van der Waals surface area (Å²) >= 11 is 0. The van der Waals surface area contributed by atoms with E-state index in [2.05, 4.69) is 15.3 Å². The first-order chi connectivity index (χ1) is 10.8. The van der Waals surface area contributed by atoms with E-state index in [0.29, 0.717) is 17.4 Å². The molecule has 8 heteroatoms. The molecular weight excluding hydrogens is 309 g/mol. The number of amides is 1. The largest absolute Gasteiger partial charge is 0.417 e. The van der Waals surface area contributed by atoms with Crippen molar-refractivity contribution in [2.24, 2.45) is 0 Å². The fourth-order valence-electron chi connectivity index (χ4n) is 2.07. The van der Waals surface area contributed by atoms with Crippen molar-refractivity contribution in [3.05, 3.63) is 59.7 Å². The summed E-state index contributed by atoms with van der Waals surface area (Å²) in [6, 6.07) is 5.16. The van der Waals surface area contributed by atoms with Gasteiger partial charge in [0.2, 0.25) is 0 Å². The van der Waals surface area contributed by atoms with Gasteiger partial charge in [0, 0.05) is 24.2 Å². The number of anilines is 1. The first kappa shape index (κ1) is 15.0. The zero-order chi connectivity index (χ0) is 16.6. The monoisotopic (exact) mass is 320 g/mol. The summed E-state index contributed by atoms with van der Waals surface area (Å²) in [6.07, 6.45) is -0.283. The van der Waals surface area contributed by atoms with Gasteiger partial charge in [-0.05, 0) is 31.2 Å². The van der Waals surface area contributed by atoms with Crippen molar-refractivity contribution in [1.82, 2.24) is 14.4 Å². The molecule has 0 radical (unpaired) electrons. The van der Waals surface area contributed by atoms with Crippen molar-refractivity contribution in [2.75, 3.05) is 5.32 Å². The number of fused-ring (bicyclic) bond motifs is 1. The average molecular weight is 320 g/mol. The minimum atomic E-state index is -4.46. The molecule has 3 heterocycles. The molecule has 1 N–H and O–H groups in total. The lowest BCUT2D eigenvalue weighted by Crippen LogP contribution is -2.14. The van der Waals surface area contributed by atoms with Gasteiger partial charge in [0.05, 0.1) is 11.3 Å². The first-order valence-corrected chi connectivity index (χ1v) is 6.63. The smallest absolute Gasteiger partial charge is 0.307 e. The number of imidazole rings is 1. The van der Waals surface area contributed by atoms with Gasteiger partial charge in [-0.2, -0.15) is 13.2 Å². The number of carbonyl (C=O) groups excluding carboxylic acids is 1. The minimum Gasteiger partial charge on any atom is -0.307 e. The standard InChI is InChI=1S/C15H11F3N4O/c1-9-8-22-5-4-10(6-13(22)20-9)14(23)21-12-3-2-11(7-19-12)15(16,17)18/h2-8H,1H3,(H,19,21,23). The van der Waals surface area contributed by atoms with Crippen molar-refractivity contribution >= 4 is 17.4 Å². The molecule has 5 nitrogen and oxygen atoms in total. The Morgan fingerprint density at radius 3 is 2.70 bits per heavy atom. The van der Waals surface area contributed by atoms with Gasteiger partial charge in [-0.15, -0.1) is 0 Å². The molecular formula is C15H11F3N4O. The predicted octanol–water partition coefficient (Wildman–Crippen LogP) is 3.31. The number of halogens is 3. The maximum absolute atomic E-state index is 12.5. The molecule has 3 aromatic heterocycles. The molecule has 0 spiro atoms. The molecule has 0 aromatic carbocycles. The van der Waals surface area contributed by atoms with Crippen LogP contribution in [0.4, 0.5) is 19.0 Å². The van der Waals surface area contributed by atoms with E-state index in [9.17, 15) is 18.0 Å². The number of nitrogens with one attached hydrogen (secondary N) is 1. The van der Waals surface area contributed by atoms with Crippen molar-refractivity contribution in [3.63, 3.8) is 0 Å². The molecule has 0 unspecified atom stereocenters. The van der Waals surface area contributed by atoms with Crippen LogP contribution in [0.25, 0.3) is 5.65 Å². The van der Waals surface area contributed by atoms with Gasteiger partial charge in [-0.25, -0.2) is 9.97 Å². The zero-order valence-electron chi connectivity index (χ0n) is 11.9. The Labute approximate surface area is 128 Å². The lowest BCUT2D eigenvalue weighted by Gasteiger charge is -2.08. The van der Waals surface area contributed by atoms with Crippen LogP contribution < -0.4 is 5.32 Å². The van der Waals surface area contributed by atoms with Gasteiger partial charge >= 0.3 is 6.18 Å². The maximum atomic E-state index is 12.5. The Balaban J connectivity index is 1.79. The Morgan fingerprint density at radius 1 is 1.26 bits per heavy atom. The van der Waals surface area contributed by atoms with Crippen LogP contribution in [0.2, 0.25) is 0 Å². The number of rotatable bonds is 2. The van der Waals surface area contributed by atoms with E-state index in [1.54, 1.807) is 22.7 Å². The van der Waals surface area contributed by atoms with E-state index in [0.717, 1.165) is 17.8 Å². The summed E-state index contributed by atoms with van der Waals surface area (Å²) in [4.78, 5) is 20.0. The van der Waals surface area contributed by atoms with Gasteiger partial charge < -0.3 is 9.72 Å². The van der Waals surface area contributed by atoms with Crippen LogP contribution in [-0.4, -0.2) is 20.3 Å². The first-order valence-electron chi connectivity index (χ1n) is 6.63. The molecule has 0 saturated heterocycles. The molecule has 0 aliphatic heterocycles. The molecule has 0 atom stereocenters. The molecule has 0 bridgehead atoms. The highest BCUT2D eigenvalue weighted by Gasteiger charge is 2.30. The number of aryl methyl sites for hydroxylation is 1. The third-order valence-electron chi connectivity index (χ3n) is 3.18. The molecule has 0 saturated carbocycles. The number of hydrogen-bond acceptors (Lipinski definition) is 3. The van der Waals surface area contributed by atoms with Gasteiger partial charge in [-0.1, -0.05) is 0 Å². The van der Waals surface area contributed by atoms with Gasteiger partial charge in [-0.3, -0.25) is 4.79 Å². The van der Waals surface area contributed by atoms with Crippen LogP contribution in [0.1, 0.15) is 21.6 Å². The van der Waals surface area contributed by atoms with Gasteiger partial charge in [0.15, 0.2) is 0 Å². The summed E-state index contributed by atoms with van der Waals surface area (Å²) in [5.41, 5.74) is 0.886. The molecule has 0 aliphatic carbocycles. The van der Waals surface area contributed by atoms with E-state index in [-0.39, 0.29) is 5.82 Å². The molecule has 0 fully saturated rings. The number of carbonyl (C=O) groups is 1. The second kappa shape index (κ2) is 5.38. The molecule has 3 rings (SSSR count). The van der Waals surface area contributed by atoms with Crippen LogP contribution in [-0.2, 0) is 6.18 Å². The molecule has 1 amide bonds. The van der Waals surface area contributed by atoms with E-state index in [1.807, 2.05) is 13.1 Å². The minimum absolute atomic E-state index is 0.0439. The highest BCUT2D eigenvalue weighted by atomic mass is 19.4. The van der Waals surface area contributed by atoms with Crippen LogP contribution in [0.5, 0.6) is 0 Å². The quantitative estimate of drug-likeness (QED) is 0.788. The average Bonchev–Trinajstić information content (AvgIpc) is 2.85. The second-order valence-corrected chi connectivity index (χ2v) is 4.95. The topological polar surface area (TPSA) is 59.3 Å². The fraction of sp³-hybridized carbons (Fsp3) is 0.133. The lowest BCUT2D eigenvalue weighted by atomic mass is 10.2. The maximum Gasteiger partial charge on any atom is 0.417 e. The highest BCUT2D eigenvalue weighted by molar-refractivity contribution is 6.04. The third kappa shape index (κ3) is 3.15. The number of pyridine rings is 2. The zero-order valence-corrected chi connectivity index (χ0v) is 11.9. The summed E-state index contributed by atoms with van der Waals surface area (Å²) in [7, 11) is 0. The third-order valence-corrected chi connectivity index (χ3v) is 3.18. The van der Waals surface area contributed by atoms with Crippen LogP contribution in [0.3, 0.4) is 0 Å². The summed E-state index contributed by atoms with van der Waals surface area (Å²) < 4.78 is 39.1. The summed E-state index contributed by atoms with van der Waals surface area (Å²) in [5.74, 6) is -0.428. The van der Waals surface area contributed by atoms with Crippen molar-refractivity contribution in [1.29, 1.82) is 0 Å². The Morgan fingerprint density at radius 2 is 2.04 bits per heavy atom. The Bertz CT molecular complexity index is 869. The summed E-state index contributed by atoms with van der Waals surface area (Å²) in [6.45, 7) is 1.83. The van der Waals surface area contributed by atoms with Gasteiger partial charge in [0.25, 0.3) is 5.91 Å². The predicted molar refractivity (Wildman–Crippen MR) is 77.1 cm³/mol. The van der Waals surface area contributed by atoms with Crippen LogP contribution in [0, 0.1) is 6.92 Å². The van der Waals surface area contributed by atoms with E-state index < -0.39 is 17.6 Å². The van der Waals surface area contributed by atoms with Crippen molar-refractivity contribution in [2.45, 2.75) is 13.1 Å². The molecule has 23 heavy (non-hydrogen) atoms. The van der Waals surface area contributed by atoms with E-state index in [4.69, 9.17) is 0 Å². The van der Waals surface area contributed by atoms with E-state index in [1.165, 1.54) is 0 Å².